The number of benzene rings is 1. The van der Waals surface area contributed by atoms with Gasteiger partial charge in [0.05, 0.1) is 11.8 Å². The Bertz CT molecular complexity index is 590. The molecule has 2 rings (SSSR count). The molecule has 0 aliphatic rings. The summed E-state index contributed by atoms with van der Waals surface area (Å²) in [7, 11) is 0. The molecule has 0 radical (unpaired) electrons. The maximum absolute atomic E-state index is 11.9. The van der Waals surface area contributed by atoms with Gasteiger partial charge in [-0.25, -0.2) is 4.79 Å². The first-order valence-electron chi connectivity index (χ1n) is 5.11. The first kappa shape index (κ1) is 12.3. The van der Waals surface area contributed by atoms with Crippen LogP contribution in [0.4, 0.5) is 0 Å². The van der Waals surface area contributed by atoms with Gasteiger partial charge in [0.25, 0.3) is 0 Å². The third-order valence-electron chi connectivity index (χ3n) is 2.35. The Kier molecular flexibility index (Phi) is 3.43. The normalized spacial score (nSPS) is 10.3. The fraction of sp³-hybridized carbons (Fsp3) is 0.0833. The van der Waals surface area contributed by atoms with E-state index < -0.39 is 5.97 Å². The fourth-order valence-corrected chi connectivity index (χ4v) is 1.56. The highest BCUT2D eigenvalue weighted by molar-refractivity contribution is 6.30. The zero-order chi connectivity index (χ0) is 13.1. The summed E-state index contributed by atoms with van der Waals surface area (Å²) in [6, 6.07) is 6.49. The third-order valence-corrected chi connectivity index (χ3v) is 2.60. The van der Waals surface area contributed by atoms with Crippen molar-refractivity contribution in [1.29, 1.82) is 0 Å². The molecule has 5 nitrogen and oxygen atoms in total. The lowest BCUT2D eigenvalue weighted by atomic mass is 10.1. The van der Waals surface area contributed by atoms with E-state index in [9.17, 15) is 9.59 Å². The lowest BCUT2D eigenvalue weighted by molar-refractivity contribution is 0.0696. The molecular formula is C12H9ClN2O3. The first-order valence-corrected chi connectivity index (χ1v) is 5.48. The van der Waals surface area contributed by atoms with Crippen LogP contribution in [0, 0.1) is 0 Å². The number of nitrogens with zero attached hydrogens (tertiary/aromatic N) is 2. The molecule has 6 heteroatoms. The highest BCUT2D eigenvalue weighted by atomic mass is 35.5. The van der Waals surface area contributed by atoms with Crippen molar-refractivity contribution in [3.63, 3.8) is 0 Å². The molecule has 1 aromatic carbocycles. The first-order chi connectivity index (χ1) is 8.56. The minimum Gasteiger partial charge on any atom is -0.478 e. The molecule has 0 aliphatic carbocycles. The largest absolute Gasteiger partial charge is 0.478 e. The topological polar surface area (TPSA) is 72.2 Å². The van der Waals surface area contributed by atoms with Gasteiger partial charge < -0.3 is 5.11 Å². The Morgan fingerprint density at radius 1 is 1.22 bits per heavy atom. The van der Waals surface area contributed by atoms with E-state index in [-0.39, 0.29) is 17.9 Å². The van der Waals surface area contributed by atoms with Crippen molar-refractivity contribution in [1.82, 2.24) is 9.78 Å². The van der Waals surface area contributed by atoms with Gasteiger partial charge in [-0.05, 0) is 24.3 Å². The monoisotopic (exact) mass is 264 g/mol. The van der Waals surface area contributed by atoms with E-state index in [0.717, 1.165) is 0 Å². The number of carboxylic acids is 1. The standard InChI is InChI=1S/C12H9ClN2O3/c13-10-3-1-8(2-4-10)11(16)7-15-6-9(5-14-15)12(17)18/h1-6H,7H2,(H,17,18). The molecule has 0 bridgehead atoms. The Morgan fingerprint density at radius 2 is 1.89 bits per heavy atom. The van der Waals surface area contributed by atoms with E-state index in [1.807, 2.05) is 0 Å². The van der Waals surface area contributed by atoms with Crippen molar-refractivity contribution in [2.24, 2.45) is 0 Å². The summed E-state index contributed by atoms with van der Waals surface area (Å²) in [6.45, 7) is -0.00505. The predicted molar refractivity (Wildman–Crippen MR) is 65.0 cm³/mol. The van der Waals surface area contributed by atoms with Crippen LogP contribution in [-0.4, -0.2) is 26.6 Å². The molecule has 2 aromatic rings. The molecule has 0 fully saturated rings. The van der Waals surface area contributed by atoms with E-state index in [1.54, 1.807) is 24.3 Å². The Balaban J connectivity index is 2.11. The maximum atomic E-state index is 11.9. The fourth-order valence-electron chi connectivity index (χ4n) is 1.43. The SMILES string of the molecule is O=C(O)c1cnn(CC(=O)c2ccc(Cl)cc2)c1. The lowest BCUT2D eigenvalue weighted by Crippen LogP contribution is -2.10. The number of carbonyl (C=O) groups is 2. The van der Waals surface area contributed by atoms with Crippen LogP contribution < -0.4 is 0 Å². The summed E-state index contributed by atoms with van der Waals surface area (Å²) in [6.07, 6.45) is 2.52. The number of halogens is 1. The number of carbonyl (C=O) groups excluding carboxylic acids is 1. The van der Waals surface area contributed by atoms with Crippen LogP contribution in [0.15, 0.2) is 36.7 Å². The molecule has 0 saturated carbocycles. The van der Waals surface area contributed by atoms with Gasteiger partial charge in [-0.3, -0.25) is 9.48 Å². The number of hydrogen-bond donors (Lipinski definition) is 1. The number of rotatable bonds is 4. The molecule has 0 atom stereocenters. The second kappa shape index (κ2) is 5.01. The number of hydrogen-bond acceptors (Lipinski definition) is 3. The van der Waals surface area contributed by atoms with Crippen LogP contribution in [0.25, 0.3) is 0 Å². The van der Waals surface area contributed by atoms with Gasteiger partial charge in [0.15, 0.2) is 5.78 Å². The van der Waals surface area contributed by atoms with Gasteiger partial charge in [0, 0.05) is 16.8 Å². The number of Topliss-reactive ketones (excluding diaryl/α,β-unsaturated/α-hetero) is 1. The van der Waals surface area contributed by atoms with Gasteiger partial charge >= 0.3 is 5.97 Å². The van der Waals surface area contributed by atoms with Crippen molar-refractivity contribution in [3.8, 4) is 0 Å². The van der Waals surface area contributed by atoms with Crippen LogP contribution in [-0.2, 0) is 6.54 Å². The summed E-state index contributed by atoms with van der Waals surface area (Å²) in [5.41, 5.74) is 0.561. The highest BCUT2D eigenvalue weighted by Crippen LogP contribution is 2.10. The van der Waals surface area contributed by atoms with Gasteiger partial charge in [0.2, 0.25) is 0 Å². The van der Waals surface area contributed by atoms with Crippen molar-refractivity contribution in [3.05, 3.63) is 52.8 Å². The molecule has 0 aliphatic heterocycles. The van der Waals surface area contributed by atoms with Crippen molar-refractivity contribution >= 4 is 23.4 Å². The molecule has 92 valence electrons. The minimum absolute atomic E-state index is 0.00505. The van der Waals surface area contributed by atoms with Gasteiger partial charge in [-0.2, -0.15) is 5.10 Å². The van der Waals surface area contributed by atoms with Crippen LogP contribution in [0.3, 0.4) is 0 Å². The quantitative estimate of drug-likeness (QED) is 0.859. The van der Waals surface area contributed by atoms with Crippen molar-refractivity contribution in [2.45, 2.75) is 6.54 Å². The summed E-state index contributed by atoms with van der Waals surface area (Å²) < 4.78 is 1.29. The van der Waals surface area contributed by atoms with Crippen molar-refractivity contribution in [2.75, 3.05) is 0 Å². The van der Waals surface area contributed by atoms with Crippen LogP contribution in [0.2, 0.25) is 5.02 Å². The Labute approximate surface area is 108 Å². The van der Waals surface area contributed by atoms with E-state index in [1.165, 1.54) is 17.1 Å². The summed E-state index contributed by atoms with van der Waals surface area (Å²) in [5.74, 6) is -1.23. The lowest BCUT2D eigenvalue weighted by Gasteiger charge is -2.01. The van der Waals surface area contributed by atoms with Gasteiger partial charge in [-0.15, -0.1) is 0 Å². The smallest absolute Gasteiger partial charge is 0.338 e. The van der Waals surface area contributed by atoms with Crippen LogP contribution in [0.1, 0.15) is 20.7 Å². The van der Waals surface area contributed by atoms with Crippen molar-refractivity contribution < 1.29 is 14.7 Å². The zero-order valence-corrected chi connectivity index (χ0v) is 9.96. The Morgan fingerprint density at radius 3 is 2.44 bits per heavy atom. The predicted octanol–water partition coefficient (Wildman–Crippen LogP) is 2.12. The molecule has 18 heavy (non-hydrogen) atoms. The molecule has 0 saturated heterocycles. The van der Waals surface area contributed by atoms with Crippen LogP contribution in [0.5, 0.6) is 0 Å². The number of aromatic carboxylic acids is 1. The molecule has 0 unspecified atom stereocenters. The van der Waals surface area contributed by atoms with E-state index in [4.69, 9.17) is 16.7 Å². The number of ketones is 1. The second-order valence-corrected chi connectivity index (χ2v) is 4.10. The van der Waals surface area contributed by atoms with E-state index >= 15 is 0 Å². The van der Waals surface area contributed by atoms with Crippen LogP contribution >= 0.6 is 11.6 Å². The van der Waals surface area contributed by atoms with E-state index in [2.05, 4.69) is 5.10 Å². The average molecular weight is 265 g/mol. The maximum Gasteiger partial charge on any atom is 0.338 e. The zero-order valence-electron chi connectivity index (χ0n) is 9.21. The highest BCUT2D eigenvalue weighted by Gasteiger charge is 2.10. The minimum atomic E-state index is -1.07. The van der Waals surface area contributed by atoms with E-state index in [0.29, 0.717) is 10.6 Å². The molecule has 1 aromatic heterocycles. The summed E-state index contributed by atoms with van der Waals surface area (Å²) >= 11 is 5.72. The average Bonchev–Trinajstić information content (AvgIpc) is 2.78. The molecule has 0 spiro atoms. The Hall–Kier alpha value is -2.14. The molecule has 1 heterocycles. The number of aromatic nitrogens is 2. The summed E-state index contributed by atoms with van der Waals surface area (Å²) in [4.78, 5) is 22.5. The third kappa shape index (κ3) is 2.75. The molecular weight excluding hydrogens is 256 g/mol. The summed E-state index contributed by atoms with van der Waals surface area (Å²) in [5, 5.41) is 13.1. The van der Waals surface area contributed by atoms with Gasteiger partial charge in [-0.1, -0.05) is 11.6 Å². The van der Waals surface area contributed by atoms with Gasteiger partial charge in [0.1, 0.15) is 6.54 Å². The number of carboxylic acid groups (broad SMARTS) is 1. The molecule has 0 amide bonds. The second-order valence-electron chi connectivity index (χ2n) is 3.66. The molecule has 1 N–H and O–H groups in total.